The van der Waals surface area contributed by atoms with Gasteiger partial charge in [0.2, 0.25) is 5.91 Å². The molecule has 2 rings (SSSR count). The summed E-state index contributed by atoms with van der Waals surface area (Å²) in [6, 6.07) is 12.3. The molecule has 0 radical (unpaired) electrons. The molecule has 0 aliphatic heterocycles. The van der Waals surface area contributed by atoms with Crippen LogP contribution < -0.4 is 5.32 Å². The third kappa shape index (κ3) is 6.67. The molecule has 2 aromatic carbocycles. The van der Waals surface area contributed by atoms with Gasteiger partial charge >= 0.3 is 0 Å². The maximum Gasteiger partial charge on any atom is 0.224 e. The summed E-state index contributed by atoms with van der Waals surface area (Å²) >= 11 is 13.2. The Morgan fingerprint density at radius 2 is 1.65 bits per heavy atom. The number of carbonyl (C=O) groups excluding carboxylic acids is 2. The Kier molecular flexibility index (Phi) is 7.16. The van der Waals surface area contributed by atoms with Crippen molar-refractivity contribution in [3.8, 4) is 0 Å². The zero-order chi connectivity index (χ0) is 19.3. The SMILES string of the molecule is CC(C)(C)CC(=O)Nc1ccc(SCC(=O)c2ccc(Cl)c(Cl)c2)cc1. The van der Waals surface area contributed by atoms with Crippen molar-refractivity contribution >= 4 is 52.3 Å². The van der Waals surface area contributed by atoms with E-state index in [1.807, 2.05) is 45.0 Å². The number of thioether (sulfide) groups is 1. The van der Waals surface area contributed by atoms with Crippen LogP contribution in [0.4, 0.5) is 5.69 Å². The Balaban J connectivity index is 1.89. The second-order valence-electron chi connectivity index (χ2n) is 7.15. The molecule has 0 spiro atoms. The molecule has 1 amide bonds. The maximum atomic E-state index is 12.2. The lowest BCUT2D eigenvalue weighted by Crippen LogP contribution is -2.19. The standard InChI is InChI=1S/C20H21Cl2NO2S/c1-20(2,3)11-19(25)23-14-5-7-15(8-6-14)26-12-18(24)13-4-9-16(21)17(22)10-13/h4-10H,11-12H2,1-3H3,(H,23,25). The normalized spacial score (nSPS) is 11.3. The summed E-state index contributed by atoms with van der Waals surface area (Å²) in [5.74, 6) is 0.275. The monoisotopic (exact) mass is 409 g/mol. The van der Waals surface area contributed by atoms with Crippen LogP contribution in [0.25, 0.3) is 0 Å². The van der Waals surface area contributed by atoms with Gasteiger partial charge in [-0.1, -0.05) is 44.0 Å². The first-order valence-electron chi connectivity index (χ1n) is 8.15. The fourth-order valence-electron chi connectivity index (χ4n) is 2.22. The van der Waals surface area contributed by atoms with Crippen LogP contribution in [0.2, 0.25) is 10.0 Å². The number of hydrogen-bond donors (Lipinski definition) is 1. The third-order valence-corrected chi connectivity index (χ3v) is 5.19. The highest BCUT2D eigenvalue weighted by molar-refractivity contribution is 8.00. The lowest BCUT2D eigenvalue weighted by molar-refractivity contribution is -0.117. The molecule has 6 heteroatoms. The zero-order valence-electron chi connectivity index (χ0n) is 14.9. The van der Waals surface area contributed by atoms with E-state index in [9.17, 15) is 9.59 Å². The second-order valence-corrected chi connectivity index (χ2v) is 9.01. The Hall–Kier alpha value is -1.49. The van der Waals surface area contributed by atoms with Crippen molar-refractivity contribution in [1.82, 2.24) is 0 Å². The number of halogens is 2. The molecular weight excluding hydrogens is 389 g/mol. The quantitative estimate of drug-likeness (QED) is 0.446. The van der Waals surface area contributed by atoms with Crippen molar-refractivity contribution in [1.29, 1.82) is 0 Å². The summed E-state index contributed by atoms with van der Waals surface area (Å²) in [6.07, 6.45) is 0.460. The van der Waals surface area contributed by atoms with Gasteiger partial charge in [-0.3, -0.25) is 9.59 Å². The van der Waals surface area contributed by atoms with Crippen LogP contribution in [0.3, 0.4) is 0 Å². The van der Waals surface area contributed by atoms with Gasteiger partial charge in [-0.25, -0.2) is 0 Å². The van der Waals surface area contributed by atoms with Gasteiger partial charge < -0.3 is 5.32 Å². The highest BCUT2D eigenvalue weighted by Gasteiger charge is 2.16. The average molecular weight is 410 g/mol. The lowest BCUT2D eigenvalue weighted by atomic mass is 9.92. The van der Waals surface area contributed by atoms with Crippen LogP contribution in [0, 0.1) is 5.41 Å². The number of ketones is 1. The Labute approximate surface area is 168 Å². The largest absolute Gasteiger partial charge is 0.326 e. The highest BCUT2D eigenvalue weighted by Crippen LogP contribution is 2.26. The average Bonchev–Trinajstić information content (AvgIpc) is 2.54. The first kappa shape index (κ1) is 20.8. The molecule has 138 valence electrons. The number of benzene rings is 2. The van der Waals surface area contributed by atoms with Crippen molar-refractivity contribution < 1.29 is 9.59 Å². The smallest absolute Gasteiger partial charge is 0.224 e. The minimum Gasteiger partial charge on any atom is -0.326 e. The van der Waals surface area contributed by atoms with Crippen LogP contribution in [-0.2, 0) is 4.79 Å². The van der Waals surface area contributed by atoms with Gasteiger partial charge in [0.1, 0.15) is 0 Å². The van der Waals surface area contributed by atoms with Crippen LogP contribution in [0.15, 0.2) is 47.4 Å². The number of nitrogens with one attached hydrogen (secondary N) is 1. The van der Waals surface area contributed by atoms with Crippen molar-refractivity contribution in [2.24, 2.45) is 5.41 Å². The van der Waals surface area contributed by atoms with Crippen molar-refractivity contribution in [3.63, 3.8) is 0 Å². The number of amides is 1. The molecule has 0 aliphatic carbocycles. The van der Waals surface area contributed by atoms with E-state index in [0.29, 0.717) is 27.8 Å². The minimum atomic E-state index is -0.0508. The highest BCUT2D eigenvalue weighted by atomic mass is 35.5. The molecule has 0 heterocycles. The molecule has 26 heavy (non-hydrogen) atoms. The molecule has 1 N–H and O–H groups in total. The predicted octanol–water partition coefficient (Wildman–Crippen LogP) is 6.34. The van der Waals surface area contributed by atoms with E-state index in [1.54, 1.807) is 18.2 Å². The van der Waals surface area contributed by atoms with E-state index in [1.165, 1.54) is 11.8 Å². The van der Waals surface area contributed by atoms with E-state index in [4.69, 9.17) is 23.2 Å². The Bertz CT molecular complexity index is 798. The summed E-state index contributed by atoms with van der Waals surface area (Å²) in [4.78, 5) is 25.2. The molecule has 0 saturated carbocycles. The molecule has 0 unspecified atom stereocenters. The van der Waals surface area contributed by atoms with Crippen LogP contribution in [0.1, 0.15) is 37.6 Å². The summed E-state index contributed by atoms with van der Waals surface area (Å²) in [5, 5.41) is 3.69. The minimum absolute atomic E-state index is 0.00676. The maximum absolute atomic E-state index is 12.2. The molecule has 0 saturated heterocycles. The molecule has 0 aliphatic rings. The number of carbonyl (C=O) groups is 2. The van der Waals surface area contributed by atoms with Crippen LogP contribution in [-0.4, -0.2) is 17.4 Å². The number of Topliss-reactive ketones (excluding diaryl/α,β-unsaturated/α-hetero) is 1. The summed E-state index contributed by atoms with van der Waals surface area (Å²) in [6.45, 7) is 6.07. The summed E-state index contributed by atoms with van der Waals surface area (Å²) in [7, 11) is 0. The van der Waals surface area contributed by atoms with E-state index in [0.717, 1.165) is 10.6 Å². The second kappa shape index (κ2) is 8.94. The van der Waals surface area contributed by atoms with E-state index >= 15 is 0 Å². The van der Waals surface area contributed by atoms with Crippen LogP contribution >= 0.6 is 35.0 Å². The van der Waals surface area contributed by atoms with Gasteiger partial charge in [0, 0.05) is 22.6 Å². The zero-order valence-corrected chi connectivity index (χ0v) is 17.3. The molecule has 0 bridgehead atoms. The van der Waals surface area contributed by atoms with Gasteiger partial charge in [-0.2, -0.15) is 0 Å². The van der Waals surface area contributed by atoms with Crippen molar-refractivity contribution in [2.45, 2.75) is 32.1 Å². The predicted molar refractivity (Wildman–Crippen MR) is 111 cm³/mol. The summed E-state index contributed by atoms with van der Waals surface area (Å²) < 4.78 is 0. The van der Waals surface area contributed by atoms with Crippen molar-refractivity contribution in [2.75, 3.05) is 11.1 Å². The molecule has 3 nitrogen and oxygen atoms in total. The van der Waals surface area contributed by atoms with Crippen LogP contribution in [0.5, 0.6) is 0 Å². The lowest BCUT2D eigenvalue weighted by Gasteiger charge is -2.17. The Morgan fingerprint density at radius 1 is 1.00 bits per heavy atom. The van der Waals surface area contributed by atoms with E-state index in [-0.39, 0.29) is 17.1 Å². The van der Waals surface area contributed by atoms with Gasteiger partial charge in [-0.05, 0) is 47.9 Å². The molecule has 0 atom stereocenters. The van der Waals surface area contributed by atoms with Gasteiger partial charge in [-0.15, -0.1) is 11.8 Å². The van der Waals surface area contributed by atoms with E-state index < -0.39 is 0 Å². The number of anilines is 1. The first-order chi connectivity index (χ1) is 12.1. The topological polar surface area (TPSA) is 46.2 Å². The molecule has 0 aromatic heterocycles. The van der Waals surface area contributed by atoms with E-state index in [2.05, 4.69) is 5.32 Å². The van der Waals surface area contributed by atoms with Crippen molar-refractivity contribution in [3.05, 3.63) is 58.1 Å². The molecular formula is C20H21Cl2NO2S. The molecule has 0 fully saturated rings. The summed E-state index contributed by atoms with van der Waals surface area (Å²) in [5.41, 5.74) is 1.24. The fraction of sp³-hybridized carbons (Fsp3) is 0.300. The first-order valence-corrected chi connectivity index (χ1v) is 9.89. The van der Waals surface area contributed by atoms with Gasteiger partial charge in [0.25, 0.3) is 0 Å². The number of rotatable bonds is 6. The Morgan fingerprint density at radius 3 is 2.23 bits per heavy atom. The fourth-order valence-corrected chi connectivity index (χ4v) is 3.31. The molecule has 2 aromatic rings. The van der Waals surface area contributed by atoms with Gasteiger partial charge in [0.05, 0.1) is 15.8 Å². The third-order valence-electron chi connectivity index (χ3n) is 3.44. The van der Waals surface area contributed by atoms with Gasteiger partial charge in [0.15, 0.2) is 5.78 Å². The number of hydrogen-bond acceptors (Lipinski definition) is 3.